The maximum Gasteiger partial charge on any atom is 0.327 e. The predicted molar refractivity (Wildman–Crippen MR) is 128 cm³/mol. The second-order valence-corrected chi connectivity index (χ2v) is 9.03. The fourth-order valence-corrected chi connectivity index (χ4v) is 5.44. The number of urea groups is 1. The van der Waals surface area contributed by atoms with Gasteiger partial charge in [-0.1, -0.05) is 54.6 Å². The summed E-state index contributed by atoms with van der Waals surface area (Å²) < 4.78 is 0. The van der Waals surface area contributed by atoms with E-state index in [1.54, 1.807) is 17.0 Å². The number of phenolic OH excluding ortho intramolecular Hbond substituents is 1. The van der Waals surface area contributed by atoms with Crippen LogP contribution in [0.2, 0.25) is 0 Å². The summed E-state index contributed by atoms with van der Waals surface area (Å²) in [5, 5.41) is 11.9. The van der Waals surface area contributed by atoms with E-state index in [1.807, 2.05) is 49.4 Å². The normalized spacial score (nSPS) is 18.6. The maximum absolute atomic E-state index is 13.7. The molecule has 2 fully saturated rings. The van der Waals surface area contributed by atoms with E-state index in [4.69, 9.17) is 0 Å². The summed E-state index contributed by atoms with van der Waals surface area (Å²) in [5.74, 6) is 0.193. The molecule has 6 nitrogen and oxygen atoms in total. The Morgan fingerprint density at radius 2 is 1.64 bits per heavy atom. The van der Waals surface area contributed by atoms with E-state index in [0.717, 1.165) is 41.5 Å². The van der Waals surface area contributed by atoms with Gasteiger partial charge in [-0.05, 0) is 53.8 Å². The molecule has 3 aromatic rings. The lowest BCUT2D eigenvalue weighted by Crippen LogP contribution is -2.56. The minimum absolute atomic E-state index is 0.0701. The Hall–Kier alpha value is -3.38. The first-order chi connectivity index (χ1) is 16.0. The molecule has 2 aliphatic heterocycles. The van der Waals surface area contributed by atoms with Gasteiger partial charge in [-0.15, -0.1) is 0 Å². The smallest absolute Gasteiger partial charge is 0.327 e. The molecule has 0 unspecified atom stereocenters. The number of aromatic hydroxyl groups is 1. The first-order valence-corrected chi connectivity index (χ1v) is 11.6. The van der Waals surface area contributed by atoms with Crippen molar-refractivity contribution in [2.24, 2.45) is 0 Å². The first kappa shape index (κ1) is 21.5. The number of benzene rings is 3. The van der Waals surface area contributed by atoms with E-state index >= 15 is 0 Å². The molecule has 2 aliphatic rings. The Bertz CT molecular complexity index is 1190. The van der Waals surface area contributed by atoms with Gasteiger partial charge in [-0.3, -0.25) is 14.6 Å². The Labute approximate surface area is 194 Å². The standard InChI is InChI=1S/C27H29N3O3/c1-2-30-26(33)29(19-22-10-6-9-21-8-3-4-12-24(21)22)25(32)27(30)13-15-28(16-14-27)18-20-7-5-11-23(31)17-20/h3-12,17,31H,2,13-16,18-19H2,1H3. The second kappa shape index (κ2) is 8.52. The first-order valence-electron chi connectivity index (χ1n) is 11.6. The largest absolute Gasteiger partial charge is 0.508 e. The van der Waals surface area contributed by atoms with Gasteiger partial charge in [0.05, 0.1) is 6.54 Å². The summed E-state index contributed by atoms with van der Waals surface area (Å²) in [5.41, 5.74) is 1.28. The Kier molecular flexibility index (Phi) is 5.54. The molecule has 0 bridgehead atoms. The van der Waals surface area contributed by atoms with Crippen molar-refractivity contribution in [1.29, 1.82) is 0 Å². The molecule has 1 spiro atoms. The number of rotatable bonds is 5. The van der Waals surface area contributed by atoms with E-state index in [2.05, 4.69) is 17.0 Å². The van der Waals surface area contributed by atoms with E-state index in [0.29, 0.717) is 25.9 Å². The number of carbonyl (C=O) groups excluding carboxylic acids is 2. The zero-order chi connectivity index (χ0) is 23.0. The van der Waals surface area contributed by atoms with Crippen molar-refractivity contribution in [2.45, 2.75) is 38.4 Å². The van der Waals surface area contributed by atoms with Crippen LogP contribution >= 0.6 is 0 Å². The highest BCUT2D eigenvalue weighted by Gasteiger charge is 2.57. The Balaban J connectivity index is 1.35. The molecule has 0 radical (unpaired) electrons. The summed E-state index contributed by atoms with van der Waals surface area (Å²) in [6.07, 6.45) is 1.24. The van der Waals surface area contributed by atoms with Crippen LogP contribution in [0.5, 0.6) is 5.75 Å². The van der Waals surface area contributed by atoms with E-state index < -0.39 is 5.54 Å². The van der Waals surface area contributed by atoms with Crippen LogP contribution < -0.4 is 0 Å². The summed E-state index contributed by atoms with van der Waals surface area (Å²) in [4.78, 5) is 32.6. The van der Waals surface area contributed by atoms with Gasteiger partial charge in [-0.2, -0.15) is 0 Å². The molecule has 6 heteroatoms. The molecule has 5 rings (SSSR count). The number of carbonyl (C=O) groups is 2. The highest BCUT2D eigenvalue weighted by Crippen LogP contribution is 2.38. The fourth-order valence-electron chi connectivity index (χ4n) is 5.44. The van der Waals surface area contributed by atoms with Crippen LogP contribution in [-0.4, -0.2) is 56.9 Å². The molecular formula is C27H29N3O3. The SMILES string of the molecule is CCN1C(=O)N(Cc2cccc3ccccc23)C(=O)C12CCN(Cc1cccc(O)c1)CC2. The van der Waals surface area contributed by atoms with E-state index in [-0.39, 0.29) is 17.7 Å². The number of likely N-dealkylation sites (N-methyl/N-ethyl adjacent to an activating group) is 1. The van der Waals surface area contributed by atoms with Gasteiger partial charge in [0.25, 0.3) is 5.91 Å². The van der Waals surface area contributed by atoms with Crippen LogP contribution in [0.4, 0.5) is 4.79 Å². The molecule has 3 amide bonds. The molecule has 33 heavy (non-hydrogen) atoms. The number of amides is 3. The van der Waals surface area contributed by atoms with Crippen molar-refractivity contribution in [1.82, 2.24) is 14.7 Å². The van der Waals surface area contributed by atoms with Gasteiger partial charge in [-0.25, -0.2) is 4.79 Å². The van der Waals surface area contributed by atoms with Crippen molar-refractivity contribution in [2.75, 3.05) is 19.6 Å². The molecule has 1 N–H and O–H groups in total. The summed E-state index contributed by atoms with van der Waals surface area (Å²) in [6, 6.07) is 21.2. The number of nitrogens with zero attached hydrogens (tertiary/aromatic N) is 3. The number of imide groups is 1. The summed E-state index contributed by atoms with van der Waals surface area (Å²) >= 11 is 0. The molecule has 3 aromatic carbocycles. The third-order valence-electron chi connectivity index (χ3n) is 7.15. The topological polar surface area (TPSA) is 64.1 Å². The molecule has 170 valence electrons. The third kappa shape index (κ3) is 3.74. The van der Waals surface area contributed by atoms with Crippen LogP contribution in [0.25, 0.3) is 10.8 Å². The molecule has 0 atom stereocenters. The zero-order valence-corrected chi connectivity index (χ0v) is 18.9. The number of phenols is 1. The zero-order valence-electron chi connectivity index (χ0n) is 18.9. The van der Waals surface area contributed by atoms with Crippen LogP contribution in [0.15, 0.2) is 66.7 Å². The average molecular weight is 444 g/mol. The lowest BCUT2D eigenvalue weighted by Gasteiger charge is -2.42. The van der Waals surface area contributed by atoms with Gasteiger partial charge in [0.15, 0.2) is 0 Å². The van der Waals surface area contributed by atoms with Crippen molar-refractivity contribution in [3.8, 4) is 5.75 Å². The monoisotopic (exact) mass is 443 g/mol. The summed E-state index contributed by atoms with van der Waals surface area (Å²) in [7, 11) is 0. The number of likely N-dealkylation sites (tertiary alicyclic amines) is 1. The second-order valence-electron chi connectivity index (χ2n) is 9.03. The number of fused-ring (bicyclic) bond motifs is 1. The molecule has 2 saturated heterocycles. The van der Waals surface area contributed by atoms with Gasteiger partial charge >= 0.3 is 6.03 Å². The molecule has 2 heterocycles. The molecule has 0 aromatic heterocycles. The minimum atomic E-state index is -0.758. The van der Waals surface area contributed by atoms with Gasteiger partial charge < -0.3 is 10.0 Å². The van der Waals surface area contributed by atoms with Gasteiger partial charge in [0.1, 0.15) is 11.3 Å². The Morgan fingerprint density at radius 1 is 0.909 bits per heavy atom. The molecular weight excluding hydrogens is 414 g/mol. The maximum atomic E-state index is 13.7. The van der Waals surface area contributed by atoms with Crippen LogP contribution in [0, 0.1) is 0 Å². The van der Waals surface area contributed by atoms with Crippen molar-refractivity contribution in [3.63, 3.8) is 0 Å². The van der Waals surface area contributed by atoms with Crippen LogP contribution in [0.1, 0.15) is 30.9 Å². The quantitative estimate of drug-likeness (QED) is 0.595. The highest BCUT2D eigenvalue weighted by atomic mass is 16.3. The average Bonchev–Trinajstić information content (AvgIpc) is 3.01. The van der Waals surface area contributed by atoms with Crippen molar-refractivity contribution in [3.05, 3.63) is 77.9 Å². The predicted octanol–water partition coefficient (Wildman–Crippen LogP) is 4.36. The van der Waals surface area contributed by atoms with Crippen LogP contribution in [-0.2, 0) is 17.9 Å². The van der Waals surface area contributed by atoms with E-state index in [9.17, 15) is 14.7 Å². The highest BCUT2D eigenvalue weighted by molar-refractivity contribution is 6.07. The minimum Gasteiger partial charge on any atom is -0.508 e. The number of hydrogen-bond acceptors (Lipinski definition) is 4. The van der Waals surface area contributed by atoms with E-state index in [1.165, 1.54) is 4.90 Å². The molecule has 0 aliphatic carbocycles. The van der Waals surface area contributed by atoms with Crippen molar-refractivity contribution < 1.29 is 14.7 Å². The lowest BCUT2D eigenvalue weighted by molar-refractivity contribution is -0.136. The number of piperidine rings is 1. The molecule has 0 saturated carbocycles. The Morgan fingerprint density at radius 3 is 2.39 bits per heavy atom. The summed E-state index contributed by atoms with van der Waals surface area (Å²) in [6.45, 7) is 4.94. The van der Waals surface area contributed by atoms with Gasteiger partial charge in [0.2, 0.25) is 0 Å². The van der Waals surface area contributed by atoms with Crippen LogP contribution in [0.3, 0.4) is 0 Å². The van der Waals surface area contributed by atoms with Gasteiger partial charge in [0, 0.05) is 26.2 Å². The third-order valence-corrected chi connectivity index (χ3v) is 7.15. The fraction of sp³-hybridized carbons (Fsp3) is 0.333. The van der Waals surface area contributed by atoms with Crippen molar-refractivity contribution >= 4 is 22.7 Å². The number of hydrogen-bond donors (Lipinski definition) is 1. The lowest BCUT2D eigenvalue weighted by atomic mass is 9.85.